The molecule has 1 aromatic heterocycles. The summed E-state index contributed by atoms with van der Waals surface area (Å²) in [5, 5.41) is 6.86. The Labute approximate surface area is 192 Å². The van der Waals surface area contributed by atoms with Crippen molar-refractivity contribution in [2.75, 3.05) is 31.5 Å². The third-order valence-electron chi connectivity index (χ3n) is 6.08. The van der Waals surface area contributed by atoms with E-state index < -0.39 is 10.0 Å². The number of carbonyl (C=O) groups is 1. The Kier molecular flexibility index (Phi) is 5.73. The summed E-state index contributed by atoms with van der Waals surface area (Å²) in [5.74, 6) is 1.02. The van der Waals surface area contributed by atoms with Crippen molar-refractivity contribution in [3.63, 3.8) is 0 Å². The van der Waals surface area contributed by atoms with Gasteiger partial charge in [-0.05, 0) is 37.1 Å². The van der Waals surface area contributed by atoms with Crippen LogP contribution in [0.1, 0.15) is 23.4 Å². The van der Waals surface area contributed by atoms with Gasteiger partial charge in [-0.2, -0.15) is 9.29 Å². The van der Waals surface area contributed by atoms with Crippen LogP contribution in [0.15, 0.2) is 51.9 Å². The standard InChI is InChI=1S/C23H25N5O4S/c1-16-2-4-17(5-3-16)23-25-22(32-26-23)15-27-10-12-28(13-11-27)33(30,31)19-7-8-20-18(14-19)6-9-21(29)24-20/h2-5,7-8,14H,6,9-13,15H2,1H3,(H,24,29). The molecule has 0 spiro atoms. The first-order valence-electron chi connectivity index (χ1n) is 10.9. The molecule has 9 nitrogen and oxygen atoms in total. The van der Waals surface area contributed by atoms with Gasteiger partial charge in [0.15, 0.2) is 0 Å². The Morgan fingerprint density at radius 3 is 2.55 bits per heavy atom. The maximum absolute atomic E-state index is 13.2. The van der Waals surface area contributed by atoms with Gasteiger partial charge in [0.2, 0.25) is 27.6 Å². The number of fused-ring (bicyclic) bond motifs is 1. The second-order valence-corrected chi connectivity index (χ2v) is 10.4. The van der Waals surface area contributed by atoms with Crippen LogP contribution in [-0.2, 0) is 27.8 Å². The monoisotopic (exact) mass is 467 g/mol. The van der Waals surface area contributed by atoms with Crippen molar-refractivity contribution in [1.82, 2.24) is 19.3 Å². The van der Waals surface area contributed by atoms with Gasteiger partial charge in [-0.1, -0.05) is 35.0 Å². The van der Waals surface area contributed by atoms with Gasteiger partial charge in [-0.15, -0.1) is 0 Å². The molecule has 1 N–H and O–H groups in total. The minimum absolute atomic E-state index is 0.0403. The minimum atomic E-state index is -3.60. The number of nitrogens with one attached hydrogen (secondary N) is 1. The smallest absolute Gasteiger partial charge is 0.243 e. The molecule has 0 atom stereocenters. The number of piperazine rings is 1. The second-order valence-electron chi connectivity index (χ2n) is 8.43. The van der Waals surface area contributed by atoms with Crippen molar-refractivity contribution >= 4 is 21.6 Å². The molecule has 2 aliphatic heterocycles. The zero-order chi connectivity index (χ0) is 23.0. The molecule has 2 aromatic carbocycles. The van der Waals surface area contributed by atoms with E-state index in [9.17, 15) is 13.2 Å². The van der Waals surface area contributed by atoms with Crippen molar-refractivity contribution in [3.05, 3.63) is 59.5 Å². The molecule has 0 unspecified atom stereocenters. The lowest BCUT2D eigenvalue weighted by Gasteiger charge is -2.33. The maximum Gasteiger partial charge on any atom is 0.243 e. The van der Waals surface area contributed by atoms with Crippen LogP contribution in [0.3, 0.4) is 0 Å². The highest BCUT2D eigenvalue weighted by Gasteiger charge is 2.30. The summed E-state index contributed by atoms with van der Waals surface area (Å²) in [6.07, 6.45) is 0.920. The van der Waals surface area contributed by atoms with Crippen LogP contribution in [0.25, 0.3) is 11.4 Å². The number of hydrogen-bond acceptors (Lipinski definition) is 7. The van der Waals surface area contributed by atoms with Crippen LogP contribution in [-0.4, -0.2) is 59.8 Å². The number of sulfonamides is 1. The Bertz CT molecular complexity index is 1280. The number of carbonyl (C=O) groups excluding carboxylic acids is 1. The maximum atomic E-state index is 13.2. The Balaban J connectivity index is 1.21. The predicted octanol–water partition coefficient (Wildman–Crippen LogP) is 2.44. The predicted molar refractivity (Wildman–Crippen MR) is 122 cm³/mol. The number of amides is 1. The Hall–Kier alpha value is -3.08. The van der Waals surface area contributed by atoms with Crippen molar-refractivity contribution < 1.29 is 17.7 Å². The third kappa shape index (κ3) is 4.54. The summed E-state index contributed by atoms with van der Waals surface area (Å²) in [6, 6.07) is 12.9. The third-order valence-corrected chi connectivity index (χ3v) is 7.97. The molecule has 5 rings (SSSR count). The molecule has 33 heavy (non-hydrogen) atoms. The molecule has 1 fully saturated rings. The van der Waals surface area contributed by atoms with Crippen LogP contribution in [0.4, 0.5) is 5.69 Å². The summed E-state index contributed by atoms with van der Waals surface area (Å²) in [5.41, 5.74) is 3.61. The summed E-state index contributed by atoms with van der Waals surface area (Å²) in [7, 11) is -3.60. The molecule has 1 saturated heterocycles. The van der Waals surface area contributed by atoms with Crippen molar-refractivity contribution in [1.29, 1.82) is 0 Å². The lowest BCUT2D eigenvalue weighted by Crippen LogP contribution is -2.48. The average molecular weight is 468 g/mol. The molecular weight excluding hydrogens is 442 g/mol. The number of hydrogen-bond donors (Lipinski definition) is 1. The second kappa shape index (κ2) is 8.69. The van der Waals surface area contributed by atoms with Crippen molar-refractivity contribution in [3.8, 4) is 11.4 Å². The fourth-order valence-corrected chi connectivity index (χ4v) is 5.60. The van der Waals surface area contributed by atoms with E-state index in [0.29, 0.717) is 63.0 Å². The average Bonchev–Trinajstić information content (AvgIpc) is 3.28. The van der Waals surface area contributed by atoms with E-state index in [0.717, 1.165) is 16.7 Å². The first kappa shape index (κ1) is 21.7. The fraction of sp³-hybridized carbons (Fsp3) is 0.348. The van der Waals surface area contributed by atoms with Crippen LogP contribution in [0.5, 0.6) is 0 Å². The summed E-state index contributed by atoms with van der Waals surface area (Å²) < 4.78 is 33.3. The van der Waals surface area contributed by atoms with E-state index in [4.69, 9.17) is 4.52 Å². The lowest BCUT2D eigenvalue weighted by atomic mass is 10.0. The SMILES string of the molecule is Cc1ccc(-c2noc(CN3CCN(S(=O)(=O)c4ccc5c(c4)CCC(=O)N5)CC3)n2)cc1. The number of benzene rings is 2. The van der Waals surface area contributed by atoms with E-state index in [1.165, 1.54) is 4.31 Å². The highest BCUT2D eigenvalue weighted by atomic mass is 32.2. The van der Waals surface area contributed by atoms with E-state index in [-0.39, 0.29) is 10.8 Å². The number of aryl methyl sites for hydroxylation is 2. The van der Waals surface area contributed by atoms with Gasteiger partial charge in [0.1, 0.15) is 0 Å². The summed E-state index contributed by atoms with van der Waals surface area (Å²) in [4.78, 5) is 18.4. The lowest BCUT2D eigenvalue weighted by molar-refractivity contribution is -0.116. The van der Waals surface area contributed by atoms with Gasteiger partial charge in [-0.25, -0.2) is 8.42 Å². The highest BCUT2D eigenvalue weighted by molar-refractivity contribution is 7.89. The fourth-order valence-electron chi connectivity index (χ4n) is 4.13. The number of anilines is 1. The molecule has 10 heteroatoms. The molecule has 172 valence electrons. The molecule has 2 aliphatic rings. The van der Waals surface area contributed by atoms with E-state index in [2.05, 4.69) is 20.4 Å². The van der Waals surface area contributed by atoms with Crippen LogP contribution < -0.4 is 5.32 Å². The normalized spacial score (nSPS) is 17.5. The number of aromatic nitrogens is 2. The molecule has 3 aromatic rings. The van der Waals surface area contributed by atoms with E-state index in [1.807, 2.05) is 31.2 Å². The van der Waals surface area contributed by atoms with Crippen molar-refractivity contribution in [2.45, 2.75) is 31.2 Å². The van der Waals surface area contributed by atoms with E-state index >= 15 is 0 Å². The minimum Gasteiger partial charge on any atom is -0.338 e. The van der Waals surface area contributed by atoms with Gasteiger partial charge >= 0.3 is 0 Å². The largest absolute Gasteiger partial charge is 0.338 e. The number of rotatable bonds is 5. The zero-order valence-electron chi connectivity index (χ0n) is 18.3. The van der Waals surface area contributed by atoms with E-state index in [1.54, 1.807) is 18.2 Å². The molecule has 3 heterocycles. The molecule has 1 amide bonds. The van der Waals surface area contributed by atoms with Gasteiger partial charge in [0.05, 0.1) is 11.4 Å². The molecule has 0 saturated carbocycles. The Morgan fingerprint density at radius 2 is 1.79 bits per heavy atom. The molecule has 0 bridgehead atoms. The summed E-state index contributed by atoms with van der Waals surface area (Å²) in [6.45, 7) is 4.41. The highest BCUT2D eigenvalue weighted by Crippen LogP contribution is 2.27. The molecular formula is C23H25N5O4S. The zero-order valence-corrected chi connectivity index (χ0v) is 19.1. The van der Waals surface area contributed by atoms with Gasteiger partial charge in [0.25, 0.3) is 0 Å². The molecule has 0 aliphatic carbocycles. The first-order valence-corrected chi connectivity index (χ1v) is 12.4. The van der Waals surface area contributed by atoms with Crippen LogP contribution in [0, 0.1) is 6.92 Å². The van der Waals surface area contributed by atoms with Crippen LogP contribution >= 0.6 is 0 Å². The van der Waals surface area contributed by atoms with Crippen molar-refractivity contribution in [2.24, 2.45) is 0 Å². The van der Waals surface area contributed by atoms with Crippen LogP contribution in [0.2, 0.25) is 0 Å². The van der Waals surface area contributed by atoms with Gasteiger partial charge < -0.3 is 9.84 Å². The first-order chi connectivity index (χ1) is 15.9. The topological polar surface area (TPSA) is 109 Å². The summed E-state index contributed by atoms with van der Waals surface area (Å²) >= 11 is 0. The Morgan fingerprint density at radius 1 is 1.03 bits per heavy atom. The molecule has 0 radical (unpaired) electrons. The van der Waals surface area contributed by atoms with Gasteiger partial charge in [-0.3, -0.25) is 9.69 Å². The number of nitrogens with zero attached hydrogens (tertiary/aromatic N) is 4. The van der Waals surface area contributed by atoms with Gasteiger partial charge in [0, 0.05) is 43.9 Å². The quantitative estimate of drug-likeness (QED) is 0.614.